The van der Waals surface area contributed by atoms with Crippen LogP contribution in [0.15, 0.2) is 24.4 Å². The smallest absolute Gasteiger partial charge is 0.261 e. The molecule has 6 heteroatoms. The summed E-state index contributed by atoms with van der Waals surface area (Å²) in [7, 11) is 0. The van der Waals surface area contributed by atoms with E-state index in [1.807, 2.05) is 6.07 Å². The van der Waals surface area contributed by atoms with Crippen LogP contribution in [-0.4, -0.2) is 11.2 Å². The van der Waals surface area contributed by atoms with E-state index in [4.69, 9.17) is 10.5 Å². The quantitative estimate of drug-likeness (QED) is 0.821. The molecule has 0 spiro atoms. The molecule has 0 N–H and O–H groups in total. The molecule has 0 bridgehead atoms. The lowest BCUT2D eigenvalue weighted by Crippen LogP contribution is -2.25. The van der Waals surface area contributed by atoms with Gasteiger partial charge >= 0.3 is 6.18 Å². The summed E-state index contributed by atoms with van der Waals surface area (Å²) in [6.45, 7) is 0. The molecule has 0 amide bonds. The van der Waals surface area contributed by atoms with Gasteiger partial charge in [-0.3, -0.25) is 4.98 Å². The van der Waals surface area contributed by atoms with Crippen molar-refractivity contribution >= 4 is 0 Å². The second kappa shape index (κ2) is 6.19. The molecule has 3 nitrogen and oxygen atoms in total. The monoisotopic (exact) mass is 267 g/mol. The first kappa shape index (κ1) is 15.0. The van der Waals surface area contributed by atoms with Crippen molar-refractivity contribution in [3.8, 4) is 12.1 Å². The Morgan fingerprint density at radius 2 is 1.89 bits per heavy atom. The Labute approximate surface area is 109 Å². The average molecular weight is 267 g/mol. The van der Waals surface area contributed by atoms with Crippen LogP contribution in [-0.2, 0) is 6.42 Å². The topological polar surface area (TPSA) is 60.5 Å². The van der Waals surface area contributed by atoms with Gasteiger partial charge in [-0.1, -0.05) is 6.07 Å². The Morgan fingerprint density at radius 1 is 1.16 bits per heavy atom. The average Bonchev–Trinajstić information content (AvgIpc) is 2.37. The number of pyridine rings is 1. The Bertz CT molecular complexity index is 485. The van der Waals surface area contributed by atoms with Gasteiger partial charge in [0, 0.05) is 24.7 Å². The molecule has 0 saturated heterocycles. The minimum Gasteiger partial charge on any atom is -0.261 e. The summed E-state index contributed by atoms with van der Waals surface area (Å²) in [5.41, 5.74) is -0.819. The fraction of sp³-hybridized carbons (Fsp3) is 0.462. The minimum absolute atomic E-state index is 0.0496. The number of nitriles is 2. The van der Waals surface area contributed by atoms with Gasteiger partial charge in [-0.05, 0) is 18.6 Å². The molecule has 0 fully saturated rings. The van der Waals surface area contributed by atoms with Gasteiger partial charge in [-0.15, -0.1) is 0 Å². The van der Waals surface area contributed by atoms with Crippen molar-refractivity contribution < 1.29 is 13.2 Å². The van der Waals surface area contributed by atoms with Gasteiger partial charge in [0.1, 0.15) is 0 Å². The molecule has 1 heterocycles. The summed E-state index contributed by atoms with van der Waals surface area (Å²) < 4.78 is 36.9. The molecular weight excluding hydrogens is 255 g/mol. The molecule has 1 aromatic rings. The summed E-state index contributed by atoms with van der Waals surface area (Å²) in [6, 6.07) is 8.68. The van der Waals surface area contributed by atoms with Crippen LogP contribution in [0, 0.1) is 28.1 Å². The largest absolute Gasteiger partial charge is 0.389 e. The van der Waals surface area contributed by atoms with Crippen LogP contribution in [0.5, 0.6) is 0 Å². The van der Waals surface area contributed by atoms with Crippen LogP contribution >= 0.6 is 0 Å². The molecule has 0 aliphatic rings. The van der Waals surface area contributed by atoms with Gasteiger partial charge in [0.15, 0.2) is 0 Å². The van der Waals surface area contributed by atoms with Gasteiger partial charge in [-0.2, -0.15) is 23.7 Å². The van der Waals surface area contributed by atoms with Crippen molar-refractivity contribution in [3.63, 3.8) is 0 Å². The zero-order valence-electron chi connectivity index (χ0n) is 10.1. The third-order valence-electron chi connectivity index (χ3n) is 2.79. The molecule has 1 rings (SSSR count). The summed E-state index contributed by atoms with van der Waals surface area (Å²) in [6.07, 6.45) is -4.48. The van der Waals surface area contributed by atoms with E-state index in [-0.39, 0.29) is 12.8 Å². The van der Waals surface area contributed by atoms with Crippen LogP contribution < -0.4 is 0 Å². The molecule has 0 aromatic carbocycles. The number of alkyl halides is 3. The number of rotatable bonds is 5. The van der Waals surface area contributed by atoms with E-state index in [0.717, 1.165) is 0 Å². The maximum atomic E-state index is 12.3. The van der Waals surface area contributed by atoms with Crippen molar-refractivity contribution in [2.45, 2.75) is 31.9 Å². The maximum Gasteiger partial charge on any atom is 0.389 e. The zero-order valence-corrected chi connectivity index (χ0v) is 10.1. The highest BCUT2D eigenvalue weighted by Gasteiger charge is 2.37. The fourth-order valence-corrected chi connectivity index (χ4v) is 1.76. The molecule has 0 aliphatic carbocycles. The van der Waals surface area contributed by atoms with Crippen molar-refractivity contribution in [3.05, 3.63) is 30.1 Å². The van der Waals surface area contributed by atoms with E-state index < -0.39 is 24.4 Å². The van der Waals surface area contributed by atoms with E-state index in [9.17, 15) is 13.2 Å². The van der Waals surface area contributed by atoms with E-state index in [2.05, 4.69) is 4.98 Å². The predicted molar refractivity (Wildman–Crippen MR) is 61.5 cm³/mol. The van der Waals surface area contributed by atoms with E-state index in [1.165, 1.54) is 6.20 Å². The van der Waals surface area contributed by atoms with Crippen molar-refractivity contribution in [1.82, 2.24) is 4.98 Å². The maximum absolute atomic E-state index is 12.3. The first-order chi connectivity index (χ1) is 8.91. The number of hydrogen-bond acceptors (Lipinski definition) is 3. The summed E-state index contributed by atoms with van der Waals surface area (Å²) in [4.78, 5) is 4.00. The molecule has 0 radical (unpaired) electrons. The standard InChI is InChI=1S/C13H12F3N3/c14-13(15,16)5-4-12(10-18,6-7-17)9-11-3-1-2-8-19-11/h1-3,8H,4-6,9H2. The van der Waals surface area contributed by atoms with Gasteiger partial charge in [0.05, 0.1) is 24.0 Å². The lowest BCUT2D eigenvalue weighted by Gasteiger charge is -2.24. The fourth-order valence-electron chi connectivity index (χ4n) is 1.76. The Morgan fingerprint density at radius 3 is 2.37 bits per heavy atom. The first-order valence-corrected chi connectivity index (χ1v) is 5.66. The highest BCUT2D eigenvalue weighted by atomic mass is 19.4. The van der Waals surface area contributed by atoms with E-state index >= 15 is 0 Å². The second-order valence-corrected chi connectivity index (χ2v) is 4.34. The predicted octanol–water partition coefficient (Wildman–Crippen LogP) is 3.39. The molecule has 0 aliphatic heterocycles. The normalized spacial score (nSPS) is 14.2. The number of halogens is 3. The van der Waals surface area contributed by atoms with Crippen LogP contribution in [0.1, 0.15) is 25.0 Å². The van der Waals surface area contributed by atoms with Gasteiger partial charge in [0.2, 0.25) is 0 Å². The third kappa shape index (κ3) is 4.97. The molecule has 1 atom stereocenters. The molecular formula is C13H12F3N3. The molecule has 19 heavy (non-hydrogen) atoms. The Hall–Kier alpha value is -2.08. The number of hydrogen-bond donors (Lipinski definition) is 0. The zero-order chi connectivity index (χ0) is 14.4. The molecule has 0 saturated carbocycles. The highest BCUT2D eigenvalue weighted by molar-refractivity contribution is 5.13. The summed E-state index contributed by atoms with van der Waals surface area (Å²) >= 11 is 0. The van der Waals surface area contributed by atoms with Crippen molar-refractivity contribution in [2.75, 3.05) is 0 Å². The SMILES string of the molecule is N#CCC(C#N)(CCC(F)(F)F)Cc1ccccn1. The molecule has 1 aromatic heterocycles. The summed E-state index contributed by atoms with van der Waals surface area (Å²) in [5.74, 6) is 0. The highest BCUT2D eigenvalue weighted by Crippen LogP contribution is 2.35. The first-order valence-electron chi connectivity index (χ1n) is 5.66. The van der Waals surface area contributed by atoms with Gasteiger partial charge in [0.25, 0.3) is 0 Å². The van der Waals surface area contributed by atoms with Crippen LogP contribution in [0.4, 0.5) is 13.2 Å². The van der Waals surface area contributed by atoms with Crippen molar-refractivity contribution in [2.24, 2.45) is 5.41 Å². The van der Waals surface area contributed by atoms with Crippen LogP contribution in [0.2, 0.25) is 0 Å². The van der Waals surface area contributed by atoms with E-state index in [0.29, 0.717) is 5.69 Å². The van der Waals surface area contributed by atoms with Crippen LogP contribution in [0.25, 0.3) is 0 Å². The number of nitrogens with zero attached hydrogens (tertiary/aromatic N) is 3. The van der Waals surface area contributed by atoms with Crippen LogP contribution in [0.3, 0.4) is 0 Å². The Balaban J connectivity index is 2.87. The lowest BCUT2D eigenvalue weighted by molar-refractivity contribution is -0.139. The Kier molecular flexibility index (Phi) is 4.88. The molecule has 1 unspecified atom stereocenters. The number of aromatic nitrogens is 1. The van der Waals surface area contributed by atoms with Gasteiger partial charge < -0.3 is 0 Å². The van der Waals surface area contributed by atoms with E-state index in [1.54, 1.807) is 24.3 Å². The third-order valence-corrected chi connectivity index (χ3v) is 2.79. The summed E-state index contributed by atoms with van der Waals surface area (Å²) in [5, 5.41) is 17.9. The van der Waals surface area contributed by atoms with Gasteiger partial charge in [-0.25, -0.2) is 0 Å². The lowest BCUT2D eigenvalue weighted by atomic mass is 9.77. The minimum atomic E-state index is -4.33. The molecule has 100 valence electrons. The van der Waals surface area contributed by atoms with Crippen molar-refractivity contribution in [1.29, 1.82) is 10.5 Å². The second-order valence-electron chi connectivity index (χ2n) is 4.34.